The minimum Gasteiger partial charge on any atom is -0.319 e. The highest BCUT2D eigenvalue weighted by molar-refractivity contribution is 5.23. The Bertz CT molecular complexity index is 424. The number of benzene rings is 1. The molecule has 1 saturated carbocycles. The fourth-order valence-corrected chi connectivity index (χ4v) is 3.58. The average molecular weight is 281 g/mol. The van der Waals surface area contributed by atoms with Crippen molar-refractivity contribution in [2.75, 3.05) is 13.6 Å². The van der Waals surface area contributed by atoms with Crippen molar-refractivity contribution in [3.8, 4) is 0 Å². The molecule has 1 aliphatic carbocycles. The minimum atomic E-state index is -0.463. The third-order valence-electron chi connectivity index (χ3n) is 4.76. The number of hydrogen-bond donors (Lipinski definition) is 1. The molecular formula is C17H25F2N. The molecule has 0 amide bonds. The summed E-state index contributed by atoms with van der Waals surface area (Å²) in [4.78, 5) is 0. The van der Waals surface area contributed by atoms with E-state index in [1.165, 1.54) is 18.6 Å². The summed E-state index contributed by atoms with van der Waals surface area (Å²) in [6.07, 6.45) is 3.39. The van der Waals surface area contributed by atoms with Crippen molar-refractivity contribution in [2.45, 2.75) is 39.0 Å². The van der Waals surface area contributed by atoms with Gasteiger partial charge in [0.15, 0.2) is 0 Å². The van der Waals surface area contributed by atoms with Crippen molar-refractivity contribution in [1.29, 1.82) is 0 Å². The van der Waals surface area contributed by atoms with Crippen LogP contribution in [0.5, 0.6) is 0 Å². The van der Waals surface area contributed by atoms with Crippen LogP contribution in [0.25, 0.3) is 0 Å². The van der Waals surface area contributed by atoms with Crippen molar-refractivity contribution in [1.82, 2.24) is 5.32 Å². The molecule has 0 radical (unpaired) electrons. The first kappa shape index (κ1) is 15.4. The lowest BCUT2D eigenvalue weighted by Gasteiger charge is -2.38. The van der Waals surface area contributed by atoms with Crippen LogP contribution in [0.1, 0.15) is 44.6 Å². The molecule has 0 aromatic heterocycles. The molecule has 20 heavy (non-hydrogen) atoms. The van der Waals surface area contributed by atoms with Gasteiger partial charge < -0.3 is 5.32 Å². The SMILES string of the molecule is CNCC1CCC(C(C)C)CC1c1cc(F)cc(F)c1. The number of hydrogen-bond acceptors (Lipinski definition) is 1. The van der Waals surface area contributed by atoms with Gasteiger partial charge in [-0.25, -0.2) is 8.78 Å². The van der Waals surface area contributed by atoms with E-state index in [4.69, 9.17) is 0 Å². The van der Waals surface area contributed by atoms with E-state index < -0.39 is 11.6 Å². The second-order valence-electron chi connectivity index (χ2n) is 6.44. The Kier molecular flexibility index (Phi) is 5.14. The maximum atomic E-state index is 13.5. The molecule has 112 valence electrons. The summed E-state index contributed by atoms with van der Waals surface area (Å²) >= 11 is 0. The largest absolute Gasteiger partial charge is 0.319 e. The Balaban J connectivity index is 2.26. The Hall–Kier alpha value is -0.960. The first-order valence-corrected chi connectivity index (χ1v) is 7.61. The molecule has 1 N–H and O–H groups in total. The van der Waals surface area contributed by atoms with Crippen LogP contribution in [0, 0.1) is 29.4 Å². The number of rotatable bonds is 4. The molecule has 0 aliphatic heterocycles. The lowest BCUT2D eigenvalue weighted by molar-refractivity contribution is 0.192. The average Bonchev–Trinajstić information content (AvgIpc) is 2.38. The number of nitrogens with one attached hydrogen (secondary N) is 1. The molecule has 1 aliphatic rings. The van der Waals surface area contributed by atoms with Gasteiger partial charge in [-0.2, -0.15) is 0 Å². The second kappa shape index (κ2) is 6.66. The summed E-state index contributed by atoms with van der Waals surface area (Å²) in [7, 11) is 1.94. The molecule has 1 aromatic carbocycles. The Morgan fingerprint density at radius 3 is 2.35 bits per heavy atom. The maximum absolute atomic E-state index is 13.5. The van der Waals surface area contributed by atoms with Crippen molar-refractivity contribution in [3.05, 3.63) is 35.4 Å². The standard InChI is InChI=1S/C17H25F2N/c1-11(2)12-4-5-13(10-20-3)17(8-12)14-6-15(18)9-16(19)7-14/h6-7,9,11-13,17,20H,4-5,8,10H2,1-3H3. The zero-order valence-corrected chi connectivity index (χ0v) is 12.6. The Morgan fingerprint density at radius 1 is 1.15 bits per heavy atom. The topological polar surface area (TPSA) is 12.0 Å². The highest BCUT2D eigenvalue weighted by Gasteiger charge is 2.32. The minimum absolute atomic E-state index is 0.258. The van der Waals surface area contributed by atoms with E-state index in [1.807, 2.05) is 7.05 Å². The van der Waals surface area contributed by atoms with E-state index in [-0.39, 0.29) is 5.92 Å². The zero-order chi connectivity index (χ0) is 14.7. The molecule has 0 bridgehead atoms. The van der Waals surface area contributed by atoms with Gasteiger partial charge >= 0.3 is 0 Å². The highest BCUT2D eigenvalue weighted by Crippen LogP contribution is 2.43. The third kappa shape index (κ3) is 3.57. The van der Waals surface area contributed by atoms with Crippen molar-refractivity contribution >= 4 is 0 Å². The van der Waals surface area contributed by atoms with E-state index in [0.29, 0.717) is 17.8 Å². The van der Waals surface area contributed by atoms with Crippen LogP contribution in [0.4, 0.5) is 8.78 Å². The predicted octanol–water partition coefficient (Wildman–Crippen LogP) is 4.34. The maximum Gasteiger partial charge on any atom is 0.126 e. The van der Waals surface area contributed by atoms with E-state index in [2.05, 4.69) is 19.2 Å². The van der Waals surface area contributed by atoms with Crippen LogP contribution >= 0.6 is 0 Å². The van der Waals surface area contributed by atoms with Gasteiger partial charge in [-0.1, -0.05) is 13.8 Å². The molecule has 2 rings (SSSR count). The molecule has 1 nitrogen and oxygen atoms in total. The molecular weight excluding hydrogens is 256 g/mol. The third-order valence-corrected chi connectivity index (χ3v) is 4.76. The van der Waals surface area contributed by atoms with Crippen LogP contribution in [0.2, 0.25) is 0 Å². The second-order valence-corrected chi connectivity index (χ2v) is 6.44. The molecule has 0 heterocycles. The van der Waals surface area contributed by atoms with Gasteiger partial charge in [0.2, 0.25) is 0 Å². The van der Waals surface area contributed by atoms with Gasteiger partial charge in [0.1, 0.15) is 11.6 Å². The fraction of sp³-hybridized carbons (Fsp3) is 0.647. The van der Waals surface area contributed by atoms with Crippen LogP contribution in [-0.4, -0.2) is 13.6 Å². The molecule has 1 fully saturated rings. The van der Waals surface area contributed by atoms with Gasteiger partial charge in [-0.15, -0.1) is 0 Å². The summed E-state index contributed by atoms with van der Waals surface area (Å²) in [6, 6.07) is 3.98. The summed E-state index contributed by atoms with van der Waals surface area (Å²) in [5, 5.41) is 3.22. The zero-order valence-electron chi connectivity index (χ0n) is 12.6. The summed E-state index contributed by atoms with van der Waals surface area (Å²) in [5.41, 5.74) is 0.827. The monoisotopic (exact) mass is 281 g/mol. The van der Waals surface area contributed by atoms with E-state index in [0.717, 1.165) is 31.0 Å². The first-order chi connectivity index (χ1) is 9.51. The highest BCUT2D eigenvalue weighted by atomic mass is 19.1. The van der Waals surface area contributed by atoms with Gasteiger partial charge in [0.25, 0.3) is 0 Å². The predicted molar refractivity (Wildman–Crippen MR) is 78.7 cm³/mol. The smallest absolute Gasteiger partial charge is 0.126 e. The van der Waals surface area contributed by atoms with Crippen LogP contribution in [-0.2, 0) is 0 Å². The van der Waals surface area contributed by atoms with Gasteiger partial charge in [0.05, 0.1) is 0 Å². The molecule has 0 saturated heterocycles. The fourth-order valence-electron chi connectivity index (χ4n) is 3.58. The lowest BCUT2D eigenvalue weighted by Crippen LogP contribution is -2.32. The van der Waals surface area contributed by atoms with Crippen LogP contribution in [0.15, 0.2) is 18.2 Å². The summed E-state index contributed by atoms with van der Waals surface area (Å²) < 4.78 is 27.0. The van der Waals surface area contributed by atoms with Gasteiger partial charge in [-0.3, -0.25) is 0 Å². The summed E-state index contributed by atoms with van der Waals surface area (Å²) in [6.45, 7) is 5.40. The molecule has 1 aromatic rings. The lowest BCUT2D eigenvalue weighted by atomic mass is 9.68. The van der Waals surface area contributed by atoms with E-state index in [9.17, 15) is 8.78 Å². The van der Waals surface area contributed by atoms with E-state index in [1.54, 1.807) is 0 Å². The summed E-state index contributed by atoms with van der Waals surface area (Å²) in [5.74, 6) is 1.08. The van der Waals surface area contributed by atoms with E-state index >= 15 is 0 Å². The first-order valence-electron chi connectivity index (χ1n) is 7.61. The molecule has 3 atom stereocenters. The molecule has 3 heteroatoms. The Labute approximate surface area is 120 Å². The Morgan fingerprint density at radius 2 is 1.80 bits per heavy atom. The van der Waals surface area contributed by atoms with Crippen molar-refractivity contribution < 1.29 is 8.78 Å². The molecule has 0 spiro atoms. The molecule has 3 unspecified atom stereocenters. The van der Waals surface area contributed by atoms with Crippen LogP contribution in [0.3, 0.4) is 0 Å². The van der Waals surface area contributed by atoms with Gasteiger partial charge in [-0.05, 0) is 74.2 Å². The van der Waals surface area contributed by atoms with Crippen molar-refractivity contribution in [3.63, 3.8) is 0 Å². The van der Waals surface area contributed by atoms with Gasteiger partial charge in [0, 0.05) is 6.07 Å². The number of halogens is 2. The van der Waals surface area contributed by atoms with Crippen LogP contribution < -0.4 is 5.32 Å². The quantitative estimate of drug-likeness (QED) is 0.865. The van der Waals surface area contributed by atoms with Crippen molar-refractivity contribution in [2.24, 2.45) is 17.8 Å². The normalized spacial score (nSPS) is 27.0.